The fraction of sp³-hybridized carbons (Fsp3) is 0.417. The summed E-state index contributed by atoms with van der Waals surface area (Å²) in [5.74, 6) is 0.520. The SMILES string of the molecule is CN=C(NCc1nc(C(F)(F)F)cs1)N(C)Cc1ccon1.I. The molecule has 0 bridgehead atoms. The van der Waals surface area contributed by atoms with Gasteiger partial charge in [-0.2, -0.15) is 13.2 Å². The molecule has 0 aliphatic heterocycles. The first kappa shape index (κ1) is 19.7. The molecule has 2 rings (SSSR count). The predicted molar refractivity (Wildman–Crippen MR) is 90.7 cm³/mol. The quantitative estimate of drug-likeness (QED) is 0.431. The molecule has 0 amide bonds. The lowest BCUT2D eigenvalue weighted by Crippen LogP contribution is -2.38. The van der Waals surface area contributed by atoms with Gasteiger partial charge in [-0.1, -0.05) is 5.16 Å². The topological polar surface area (TPSA) is 66.6 Å². The lowest BCUT2D eigenvalue weighted by molar-refractivity contribution is -0.140. The van der Waals surface area contributed by atoms with Gasteiger partial charge in [0, 0.05) is 25.5 Å². The molecule has 11 heteroatoms. The fourth-order valence-electron chi connectivity index (χ4n) is 1.70. The number of rotatable bonds is 4. The van der Waals surface area contributed by atoms with Crippen molar-refractivity contribution in [3.05, 3.63) is 34.1 Å². The van der Waals surface area contributed by atoms with Crippen molar-refractivity contribution in [3.63, 3.8) is 0 Å². The molecule has 128 valence electrons. The number of nitrogens with one attached hydrogen (secondary N) is 1. The van der Waals surface area contributed by atoms with Crippen LogP contribution in [0, 0.1) is 0 Å². The van der Waals surface area contributed by atoms with Crippen LogP contribution in [0.15, 0.2) is 27.2 Å². The smallest absolute Gasteiger partial charge is 0.364 e. The Labute approximate surface area is 151 Å². The first-order chi connectivity index (χ1) is 10.4. The molecule has 0 fully saturated rings. The van der Waals surface area contributed by atoms with Gasteiger partial charge < -0.3 is 14.7 Å². The van der Waals surface area contributed by atoms with Crippen molar-refractivity contribution < 1.29 is 17.7 Å². The summed E-state index contributed by atoms with van der Waals surface area (Å²) in [5.41, 5.74) is -0.153. The van der Waals surface area contributed by atoms with Crippen molar-refractivity contribution in [2.45, 2.75) is 19.3 Å². The van der Waals surface area contributed by atoms with Gasteiger partial charge in [0.2, 0.25) is 0 Å². The minimum atomic E-state index is -4.42. The highest BCUT2D eigenvalue weighted by molar-refractivity contribution is 14.0. The second kappa shape index (κ2) is 8.47. The zero-order chi connectivity index (χ0) is 16.2. The number of hydrogen-bond donors (Lipinski definition) is 1. The van der Waals surface area contributed by atoms with Crippen LogP contribution in [0.3, 0.4) is 0 Å². The molecule has 0 radical (unpaired) electrons. The molecule has 0 atom stereocenters. The van der Waals surface area contributed by atoms with E-state index in [1.165, 1.54) is 6.26 Å². The minimum Gasteiger partial charge on any atom is -0.364 e. The zero-order valence-electron chi connectivity index (χ0n) is 12.3. The first-order valence-corrected chi connectivity index (χ1v) is 7.10. The highest BCUT2D eigenvalue weighted by atomic mass is 127. The molecule has 2 aromatic rings. The number of alkyl halides is 3. The maximum atomic E-state index is 12.5. The van der Waals surface area contributed by atoms with Gasteiger partial charge in [0.15, 0.2) is 11.7 Å². The molecule has 0 aliphatic carbocycles. The van der Waals surface area contributed by atoms with Crippen LogP contribution < -0.4 is 5.32 Å². The first-order valence-electron chi connectivity index (χ1n) is 6.23. The van der Waals surface area contributed by atoms with Crippen LogP contribution in [0.2, 0.25) is 0 Å². The normalized spacial score (nSPS) is 12.0. The minimum absolute atomic E-state index is 0. The van der Waals surface area contributed by atoms with Gasteiger partial charge in [0.1, 0.15) is 17.0 Å². The molecular weight excluding hydrogens is 446 g/mol. The molecule has 0 saturated heterocycles. The third-order valence-electron chi connectivity index (χ3n) is 2.70. The number of aromatic nitrogens is 2. The lowest BCUT2D eigenvalue weighted by atomic mass is 10.4. The Balaban J connectivity index is 0.00000264. The van der Waals surface area contributed by atoms with E-state index >= 15 is 0 Å². The van der Waals surface area contributed by atoms with Gasteiger partial charge >= 0.3 is 6.18 Å². The highest BCUT2D eigenvalue weighted by Gasteiger charge is 2.33. The van der Waals surface area contributed by atoms with E-state index in [1.54, 1.807) is 25.1 Å². The third kappa shape index (κ3) is 5.64. The molecule has 2 heterocycles. The van der Waals surface area contributed by atoms with E-state index in [9.17, 15) is 13.2 Å². The van der Waals surface area contributed by atoms with E-state index in [-0.39, 0.29) is 30.5 Å². The molecule has 6 nitrogen and oxygen atoms in total. The predicted octanol–water partition coefficient (Wildman–Crippen LogP) is 2.98. The number of hydrogen-bond acceptors (Lipinski definition) is 5. The average Bonchev–Trinajstić information content (AvgIpc) is 3.09. The summed E-state index contributed by atoms with van der Waals surface area (Å²) < 4.78 is 42.2. The Morgan fingerprint density at radius 2 is 2.22 bits per heavy atom. The van der Waals surface area contributed by atoms with Crippen LogP contribution >= 0.6 is 35.3 Å². The summed E-state index contributed by atoms with van der Waals surface area (Å²) in [4.78, 5) is 9.39. The van der Waals surface area contributed by atoms with Crippen molar-refractivity contribution in [1.82, 2.24) is 20.4 Å². The average molecular weight is 461 g/mol. The largest absolute Gasteiger partial charge is 0.434 e. The molecule has 0 aromatic carbocycles. The second-order valence-corrected chi connectivity index (χ2v) is 5.31. The Hall–Kier alpha value is -1.37. The molecule has 0 spiro atoms. The van der Waals surface area contributed by atoms with E-state index in [0.717, 1.165) is 22.4 Å². The number of halogens is 4. The van der Waals surface area contributed by atoms with Crippen LogP contribution in [-0.2, 0) is 19.3 Å². The van der Waals surface area contributed by atoms with Gasteiger partial charge in [-0.15, -0.1) is 35.3 Å². The Kier molecular flexibility index (Phi) is 7.25. The van der Waals surface area contributed by atoms with Crippen molar-refractivity contribution in [2.75, 3.05) is 14.1 Å². The van der Waals surface area contributed by atoms with Crippen molar-refractivity contribution in [3.8, 4) is 0 Å². The number of thiazole rings is 1. The van der Waals surface area contributed by atoms with Crippen molar-refractivity contribution in [1.29, 1.82) is 0 Å². The van der Waals surface area contributed by atoms with Gasteiger partial charge in [-0.05, 0) is 0 Å². The lowest BCUT2D eigenvalue weighted by Gasteiger charge is -2.20. The summed E-state index contributed by atoms with van der Waals surface area (Å²) in [6.07, 6.45) is -2.95. The van der Waals surface area contributed by atoms with Crippen LogP contribution in [0.1, 0.15) is 16.4 Å². The van der Waals surface area contributed by atoms with Gasteiger partial charge in [0.25, 0.3) is 0 Å². The molecule has 1 N–H and O–H groups in total. The van der Waals surface area contributed by atoms with Crippen LogP contribution in [0.25, 0.3) is 0 Å². The number of guanidine groups is 1. The molecule has 2 aromatic heterocycles. The second-order valence-electron chi connectivity index (χ2n) is 4.37. The fourth-order valence-corrected chi connectivity index (χ4v) is 2.44. The highest BCUT2D eigenvalue weighted by Crippen LogP contribution is 2.29. The van der Waals surface area contributed by atoms with E-state index < -0.39 is 11.9 Å². The van der Waals surface area contributed by atoms with Crippen LogP contribution in [-0.4, -0.2) is 35.1 Å². The van der Waals surface area contributed by atoms with Crippen LogP contribution in [0.5, 0.6) is 0 Å². The third-order valence-corrected chi connectivity index (χ3v) is 3.55. The Bertz CT molecular complexity index is 629. The van der Waals surface area contributed by atoms with Gasteiger partial charge in [-0.3, -0.25) is 4.99 Å². The van der Waals surface area contributed by atoms with Gasteiger partial charge in [0.05, 0.1) is 13.1 Å². The molecule has 23 heavy (non-hydrogen) atoms. The standard InChI is InChI=1S/C12H14F3N5OS.HI/c1-16-11(20(2)6-8-3-4-21-19-8)17-5-10-18-9(7-22-10)12(13,14)15;/h3-4,7H,5-6H2,1-2H3,(H,16,17);1H. The number of nitrogens with zero attached hydrogens (tertiary/aromatic N) is 4. The Morgan fingerprint density at radius 3 is 2.74 bits per heavy atom. The summed E-state index contributed by atoms with van der Waals surface area (Å²) >= 11 is 0.951. The van der Waals surface area contributed by atoms with Gasteiger partial charge in [-0.25, -0.2) is 4.98 Å². The van der Waals surface area contributed by atoms with Crippen LogP contribution in [0.4, 0.5) is 13.2 Å². The Morgan fingerprint density at radius 1 is 1.48 bits per heavy atom. The maximum Gasteiger partial charge on any atom is 0.434 e. The van der Waals surface area contributed by atoms with E-state index in [4.69, 9.17) is 4.52 Å². The van der Waals surface area contributed by atoms with E-state index in [0.29, 0.717) is 17.5 Å². The monoisotopic (exact) mass is 461 g/mol. The summed E-state index contributed by atoms with van der Waals surface area (Å²) in [5, 5.41) is 8.08. The van der Waals surface area contributed by atoms with E-state index in [1.807, 2.05) is 0 Å². The summed E-state index contributed by atoms with van der Waals surface area (Å²) in [7, 11) is 3.37. The van der Waals surface area contributed by atoms with E-state index in [2.05, 4.69) is 20.4 Å². The molecular formula is C12H15F3IN5OS. The summed E-state index contributed by atoms with van der Waals surface area (Å²) in [6.45, 7) is 0.623. The number of aliphatic imine (C=N–C) groups is 1. The molecule has 0 unspecified atom stereocenters. The zero-order valence-corrected chi connectivity index (χ0v) is 15.4. The summed E-state index contributed by atoms with van der Waals surface area (Å²) in [6, 6.07) is 1.72. The molecule has 0 aliphatic rings. The maximum absolute atomic E-state index is 12.5. The van der Waals surface area contributed by atoms with Crippen molar-refractivity contribution in [2.24, 2.45) is 4.99 Å². The molecule has 0 saturated carbocycles. The van der Waals surface area contributed by atoms with Crippen molar-refractivity contribution >= 4 is 41.3 Å².